The monoisotopic (exact) mass is 422 g/mol. The van der Waals surface area contributed by atoms with E-state index < -0.39 is 79.5 Å². The van der Waals surface area contributed by atoms with E-state index in [2.05, 4.69) is 0 Å². The molecule has 1 rings (SSSR count). The highest BCUT2D eigenvalue weighted by Crippen LogP contribution is 2.31. The minimum Gasteiger partial charge on any atom is -0.456 e. The van der Waals surface area contributed by atoms with E-state index in [1.54, 1.807) is 0 Å². The van der Waals surface area contributed by atoms with Crippen molar-refractivity contribution < 1.29 is 42.2 Å². The number of carbonyl (C=O) groups excluding carboxylic acids is 3. The number of ether oxygens (including phenoxy) is 5. The molecule has 1 fully saturated rings. The van der Waals surface area contributed by atoms with E-state index >= 15 is 0 Å². The van der Waals surface area contributed by atoms with Crippen molar-refractivity contribution in [1.29, 1.82) is 5.41 Å². The fourth-order valence-electron chi connectivity index (χ4n) is 1.87. The van der Waals surface area contributed by atoms with Crippen molar-refractivity contribution in [2.45, 2.75) is 49.1 Å². The summed E-state index contributed by atoms with van der Waals surface area (Å²) in [5, 5.41) is 7.61. The van der Waals surface area contributed by atoms with Gasteiger partial charge in [-0.3, -0.25) is 19.8 Å². The van der Waals surface area contributed by atoms with Gasteiger partial charge < -0.3 is 23.7 Å². The lowest BCUT2D eigenvalue weighted by Gasteiger charge is -2.40. The minimum absolute atomic E-state index is 0.450. The maximum Gasteiger partial charge on any atom is 0.303 e. The van der Waals surface area contributed by atoms with E-state index in [1.807, 2.05) is 0 Å². The fraction of sp³-hybridized carbons (Fsp3) is 0.692. The second kappa shape index (κ2) is 8.88. The molecule has 1 heterocycles. The number of nitrogens with one attached hydrogen (secondary N) is 1. The molecular weight excluding hydrogens is 405 g/mol. The molecule has 0 aromatic heterocycles. The van der Waals surface area contributed by atoms with Crippen molar-refractivity contribution in [3.05, 3.63) is 0 Å². The third-order valence-electron chi connectivity index (χ3n) is 2.69. The summed E-state index contributed by atoms with van der Waals surface area (Å²) in [7, 11) is 0. The summed E-state index contributed by atoms with van der Waals surface area (Å²) in [5.74, 6) is -4.02. The van der Waals surface area contributed by atoms with E-state index in [1.165, 1.54) is 0 Å². The molecule has 4 atom stereocenters. The maximum absolute atomic E-state index is 11.6. The molecule has 142 valence electrons. The van der Waals surface area contributed by atoms with Gasteiger partial charge in [0.1, 0.15) is 0 Å². The van der Waals surface area contributed by atoms with Gasteiger partial charge in [-0.2, -0.15) is 0 Å². The van der Waals surface area contributed by atoms with Gasteiger partial charge in [0, 0.05) is 24.8 Å². The van der Waals surface area contributed by atoms with E-state index in [0.717, 1.165) is 0 Å². The minimum atomic E-state index is -2.28. The Balaban J connectivity index is 3.17. The number of hydrogen-bond donors (Lipinski definition) is 1. The van der Waals surface area contributed by atoms with Gasteiger partial charge in [0.15, 0.2) is 12.2 Å². The third-order valence-corrected chi connectivity index (χ3v) is 3.21. The molecule has 1 aliphatic rings. The summed E-state index contributed by atoms with van der Waals surface area (Å²) in [6, 6.07) is 0. The van der Waals surface area contributed by atoms with Crippen LogP contribution in [0.25, 0.3) is 0 Å². The summed E-state index contributed by atoms with van der Waals surface area (Å²) < 4.78 is 44.1. The maximum atomic E-state index is 11.6. The molecule has 1 unspecified atom stereocenters. The lowest BCUT2D eigenvalue weighted by Crippen LogP contribution is -2.58. The number of carbonyl (C=O) groups is 3. The molecular formula is C13H16Cl3NO8. The van der Waals surface area contributed by atoms with Crippen molar-refractivity contribution in [2.24, 2.45) is 0 Å². The van der Waals surface area contributed by atoms with Crippen LogP contribution < -0.4 is 0 Å². The van der Waals surface area contributed by atoms with E-state index in [0.29, 0.717) is 0 Å². The summed E-state index contributed by atoms with van der Waals surface area (Å²) in [6.07, 6.45) is -6.09. The zero-order valence-corrected chi connectivity index (χ0v) is 14.8. The zero-order valence-electron chi connectivity index (χ0n) is 15.5. The molecule has 0 aliphatic carbocycles. The molecule has 0 aromatic rings. The van der Waals surface area contributed by atoms with Gasteiger partial charge in [-0.1, -0.05) is 34.8 Å². The van der Waals surface area contributed by atoms with Gasteiger partial charge >= 0.3 is 17.9 Å². The number of hydrogen-bond acceptors (Lipinski definition) is 9. The molecule has 25 heavy (non-hydrogen) atoms. The van der Waals surface area contributed by atoms with Crippen molar-refractivity contribution >= 4 is 58.6 Å². The fourth-order valence-corrected chi connectivity index (χ4v) is 2.00. The number of esters is 3. The van der Waals surface area contributed by atoms with Crippen LogP contribution in [0.15, 0.2) is 0 Å². The summed E-state index contributed by atoms with van der Waals surface area (Å²) in [4.78, 5) is 34.7. The summed E-state index contributed by atoms with van der Waals surface area (Å²) >= 11 is 16.6. The van der Waals surface area contributed by atoms with Crippen molar-refractivity contribution in [3.63, 3.8) is 0 Å². The number of alkyl halides is 3. The van der Waals surface area contributed by atoms with Crippen LogP contribution in [0.5, 0.6) is 0 Å². The first-order chi connectivity index (χ1) is 13.0. The van der Waals surface area contributed by atoms with Crippen molar-refractivity contribution in [1.82, 2.24) is 0 Å². The Morgan fingerprint density at radius 1 is 1.00 bits per heavy atom. The van der Waals surface area contributed by atoms with Gasteiger partial charge in [-0.15, -0.1) is 0 Å². The van der Waals surface area contributed by atoms with Crippen LogP contribution in [0.4, 0.5) is 0 Å². The molecule has 0 bridgehead atoms. The van der Waals surface area contributed by atoms with Crippen LogP contribution in [-0.2, 0) is 38.1 Å². The quantitative estimate of drug-likeness (QED) is 0.237. The van der Waals surface area contributed by atoms with Gasteiger partial charge in [0.2, 0.25) is 18.3 Å². The SMILES string of the molecule is [2H]CC(=O)O[C@H]1[C@H](OC(=O)C[2H])COC(OC(=N)C(Cl)(Cl)Cl)[C@@H]1OC(=O)C[2H]. The van der Waals surface area contributed by atoms with Crippen LogP contribution in [0.1, 0.15) is 24.8 Å². The Bertz CT molecular complexity index is 606. The summed E-state index contributed by atoms with van der Waals surface area (Å²) in [5.41, 5.74) is 0. The highest BCUT2D eigenvalue weighted by atomic mass is 35.6. The van der Waals surface area contributed by atoms with Crippen molar-refractivity contribution in [2.75, 3.05) is 6.61 Å². The van der Waals surface area contributed by atoms with Crippen LogP contribution in [-0.4, -0.2) is 58.8 Å². The Labute approximate surface area is 162 Å². The number of rotatable bonds is 4. The zero-order chi connectivity index (χ0) is 21.5. The average molecular weight is 424 g/mol. The first-order valence-electron chi connectivity index (χ1n) is 8.55. The Morgan fingerprint density at radius 3 is 2.04 bits per heavy atom. The van der Waals surface area contributed by atoms with Gasteiger partial charge in [0.05, 0.1) is 6.61 Å². The van der Waals surface area contributed by atoms with E-state index in [-0.39, 0.29) is 0 Å². The normalized spacial score (nSPS) is 27.9. The first-order valence-corrected chi connectivity index (χ1v) is 7.57. The molecule has 12 heteroatoms. The van der Waals surface area contributed by atoms with Crippen molar-refractivity contribution in [3.8, 4) is 0 Å². The van der Waals surface area contributed by atoms with Crippen LogP contribution >= 0.6 is 34.8 Å². The Kier molecular flexibility index (Phi) is 6.09. The molecule has 1 saturated heterocycles. The molecule has 0 aromatic carbocycles. The largest absolute Gasteiger partial charge is 0.456 e. The van der Waals surface area contributed by atoms with Gasteiger partial charge in [0.25, 0.3) is 3.79 Å². The molecule has 0 spiro atoms. The second-order valence-electron chi connectivity index (χ2n) is 4.58. The average Bonchev–Trinajstić information content (AvgIpc) is 2.64. The molecule has 9 nitrogen and oxygen atoms in total. The lowest BCUT2D eigenvalue weighted by atomic mass is 10.0. The van der Waals surface area contributed by atoms with Gasteiger partial charge in [-0.05, 0) is 0 Å². The van der Waals surface area contributed by atoms with Crippen LogP contribution in [0.2, 0.25) is 0 Å². The molecule has 1 aliphatic heterocycles. The first kappa shape index (κ1) is 17.1. The standard InChI is InChI=1S/C13H16Cl3NO8/c1-5(18)22-8-4-21-11(25-12(17)13(14,15)16)10(24-7(3)20)9(8)23-6(2)19/h8-11,17H,4H2,1-3H3/t8-,9+,10-,11?/m1/s1/i1D,2D,3D. The highest BCUT2D eigenvalue weighted by Gasteiger charge is 2.49. The predicted octanol–water partition coefficient (Wildman–Crippen LogP) is 1.50. The van der Waals surface area contributed by atoms with E-state index in [9.17, 15) is 14.4 Å². The highest BCUT2D eigenvalue weighted by molar-refractivity contribution is 6.76. The molecule has 1 N–H and O–H groups in total. The third kappa shape index (κ3) is 6.85. The topological polar surface area (TPSA) is 121 Å². The van der Waals surface area contributed by atoms with Gasteiger partial charge in [-0.25, -0.2) is 0 Å². The van der Waals surface area contributed by atoms with Crippen LogP contribution in [0, 0.1) is 5.41 Å². The molecule has 0 saturated carbocycles. The predicted molar refractivity (Wildman–Crippen MR) is 85.5 cm³/mol. The molecule has 0 radical (unpaired) electrons. The van der Waals surface area contributed by atoms with E-state index in [4.69, 9.17) is 68.0 Å². The number of halogens is 3. The second-order valence-corrected chi connectivity index (χ2v) is 6.86. The Morgan fingerprint density at radius 2 is 1.52 bits per heavy atom. The smallest absolute Gasteiger partial charge is 0.303 e. The van der Waals surface area contributed by atoms with Crippen LogP contribution in [0.3, 0.4) is 0 Å². The summed E-state index contributed by atoms with van der Waals surface area (Å²) in [6.45, 7) is -2.81. The lowest BCUT2D eigenvalue weighted by molar-refractivity contribution is -0.263. The molecule has 0 amide bonds. The Hall–Kier alpha value is -1.29.